The van der Waals surface area contributed by atoms with Crippen LogP contribution < -0.4 is 10.5 Å². The van der Waals surface area contributed by atoms with Crippen molar-refractivity contribution in [3.63, 3.8) is 0 Å². The Labute approximate surface area is 160 Å². The standard InChI is InChI=1S/C17H18N2O.C3H6O2.ClH/c1-19-11-9-15-16(20-12-10-18)8-7-14(17(15)19)13-5-3-2-4-6-13;1-2-5-3-4;/h2-9,11H,10,12,18H2,1H3;3H,2H2,1H3;1H. The van der Waals surface area contributed by atoms with Gasteiger partial charge >= 0.3 is 0 Å². The van der Waals surface area contributed by atoms with Crippen molar-refractivity contribution in [3.8, 4) is 16.9 Å². The monoisotopic (exact) mass is 376 g/mol. The maximum absolute atomic E-state index is 9.18. The summed E-state index contributed by atoms with van der Waals surface area (Å²) in [6, 6.07) is 16.6. The van der Waals surface area contributed by atoms with Gasteiger partial charge < -0.3 is 19.8 Å². The van der Waals surface area contributed by atoms with Crippen LogP contribution in [-0.2, 0) is 16.6 Å². The Hall–Kier alpha value is -2.50. The lowest BCUT2D eigenvalue weighted by Crippen LogP contribution is -2.10. The van der Waals surface area contributed by atoms with Gasteiger partial charge in [0.1, 0.15) is 12.4 Å². The molecule has 2 aromatic carbocycles. The van der Waals surface area contributed by atoms with Crippen molar-refractivity contribution in [2.45, 2.75) is 6.92 Å². The van der Waals surface area contributed by atoms with Crippen LogP contribution in [0.3, 0.4) is 0 Å². The highest BCUT2D eigenvalue weighted by Crippen LogP contribution is 2.34. The largest absolute Gasteiger partial charge is 0.492 e. The first-order valence-corrected chi connectivity index (χ1v) is 8.24. The molecule has 6 heteroatoms. The molecule has 3 aromatic rings. The van der Waals surface area contributed by atoms with Gasteiger partial charge in [-0.15, -0.1) is 12.4 Å². The molecule has 3 rings (SSSR count). The van der Waals surface area contributed by atoms with E-state index < -0.39 is 0 Å². The number of fused-ring (bicyclic) bond motifs is 1. The summed E-state index contributed by atoms with van der Waals surface area (Å²) in [5.41, 5.74) is 9.13. The first-order valence-electron chi connectivity index (χ1n) is 8.24. The van der Waals surface area contributed by atoms with Crippen molar-refractivity contribution in [3.05, 3.63) is 54.7 Å². The van der Waals surface area contributed by atoms with Crippen LogP contribution in [-0.4, -0.2) is 30.8 Å². The van der Waals surface area contributed by atoms with Crippen molar-refractivity contribution in [2.75, 3.05) is 19.8 Å². The van der Waals surface area contributed by atoms with E-state index in [0.29, 0.717) is 26.2 Å². The fourth-order valence-corrected chi connectivity index (χ4v) is 2.60. The van der Waals surface area contributed by atoms with E-state index in [0.717, 1.165) is 11.1 Å². The molecule has 26 heavy (non-hydrogen) atoms. The summed E-state index contributed by atoms with van der Waals surface area (Å²) in [7, 11) is 2.06. The van der Waals surface area contributed by atoms with Gasteiger partial charge in [-0.1, -0.05) is 30.3 Å². The second kappa shape index (κ2) is 11.2. The highest BCUT2D eigenvalue weighted by Gasteiger charge is 2.11. The molecule has 0 saturated heterocycles. The number of hydrogen-bond donors (Lipinski definition) is 1. The minimum absolute atomic E-state index is 0. The summed E-state index contributed by atoms with van der Waals surface area (Å²) in [5.74, 6) is 0.894. The SMILES string of the molecule is CCOC=O.Cl.Cn1ccc2c(OCCN)ccc(-c3ccccc3)c21. The Balaban J connectivity index is 0.000000501. The number of hydrogen-bond acceptors (Lipinski definition) is 4. The topological polar surface area (TPSA) is 66.5 Å². The molecule has 140 valence electrons. The van der Waals surface area contributed by atoms with Crippen LogP contribution in [0.4, 0.5) is 0 Å². The van der Waals surface area contributed by atoms with E-state index in [-0.39, 0.29) is 12.4 Å². The second-order valence-corrected chi connectivity index (χ2v) is 5.35. The highest BCUT2D eigenvalue weighted by molar-refractivity contribution is 5.98. The predicted molar refractivity (Wildman–Crippen MR) is 108 cm³/mol. The van der Waals surface area contributed by atoms with E-state index in [9.17, 15) is 4.79 Å². The molecule has 0 amide bonds. The fraction of sp³-hybridized carbons (Fsp3) is 0.250. The van der Waals surface area contributed by atoms with Crippen molar-refractivity contribution in [2.24, 2.45) is 12.8 Å². The minimum atomic E-state index is 0. The lowest BCUT2D eigenvalue weighted by atomic mass is 10.0. The Bertz CT molecular complexity index is 803. The molecule has 0 saturated carbocycles. The van der Waals surface area contributed by atoms with Crippen molar-refractivity contribution >= 4 is 29.8 Å². The average molecular weight is 377 g/mol. The first-order chi connectivity index (χ1) is 12.2. The number of aromatic nitrogens is 1. The van der Waals surface area contributed by atoms with Gasteiger partial charge in [-0.05, 0) is 30.7 Å². The predicted octanol–water partition coefficient (Wildman–Crippen LogP) is 3.78. The third-order valence-corrected chi connectivity index (χ3v) is 3.69. The fourth-order valence-electron chi connectivity index (χ4n) is 2.60. The molecule has 2 N–H and O–H groups in total. The van der Waals surface area contributed by atoms with Gasteiger partial charge in [0.25, 0.3) is 6.47 Å². The molecule has 0 aliphatic heterocycles. The van der Waals surface area contributed by atoms with Gasteiger partial charge in [0.2, 0.25) is 0 Å². The van der Waals surface area contributed by atoms with Crippen LogP contribution in [0, 0.1) is 0 Å². The van der Waals surface area contributed by atoms with Crippen molar-refractivity contribution < 1.29 is 14.3 Å². The lowest BCUT2D eigenvalue weighted by Gasteiger charge is -2.11. The average Bonchev–Trinajstić information content (AvgIpc) is 3.04. The van der Waals surface area contributed by atoms with Crippen LogP contribution in [0.25, 0.3) is 22.0 Å². The van der Waals surface area contributed by atoms with Crippen LogP contribution in [0.5, 0.6) is 5.75 Å². The number of ether oxygens (including phenoxy) is 2. The first kappa shape index (κ1) is 21.5. The molecule has 0 radical (unpaired) electrons. The molecular formula is C20H25ClN2O3. The Kier molecular flexibility index (Phi) is 9.26. The summed E-state index contributed by atoms with van der Waals surface area (Å²) in [5, 5.41) is 1.13. The van der Waals surface area contributed by atoms with Gasteiger partial charge in [-0.3, -0.25) is 4.79 Å². The second-order valence-electron chi connectivity index (χ2n) is 5.35. The van der Waals surface area contributed by atoms with E-state index in [4.69, 9.17) is 10.5 Å². The third kappa shape index (κ3) is 5.25. The summed E-state index contributed by atoms with van der Waals surface area (Å²) in [6.07, 6.45) is 2.06. The molecule has 5 nitrogen and oxygen atoms in total. The zero-order valence-corrected chi connectivity index (χ0v) is 15.9. The number of halogens is 1. The highest BCUT2D eigenvalue weighted by atomic mass is 35.5. The van der Waals surface area contributed by atoms with Gasteiger partial charge in [0.05, 0.1) is 12.1 Å². The molecule has 0 unspecified atom stereocenters. The zero-order chi connectivity index (χ0) is 18.1. The van der Waals surface area contributed by atoms with Gasteiger partial charge in [-0.25, -0.2) is 0 Å². The molecule has 0 aliphatic rings. The maximum Gasteiger partial charge on any atom is 0.293 e. The smallest absolute Gasteiger partial charge is 0.293 e. The summed E-state index contributed by atoms with van der Waals surface area (Å²) >= 11 is 0. The number of carbonyl (C=O) groups excluding carboxylic acids is 1. The summed E-state index contributed by atoms with van der Waals surface area (Å²) in [4.78, 5) is 9.18. The third-order valence-electron chi connectivity index (χ3n) is 3.69. The number of benzene rings is 2. The zero-order valence-electron chi connectivity index (χ0n) is 15.1. The molecule has 0 aliphatic carbocycles. The molecular weight excluding hydrogens is 352 g/mol. The van der Waals surface area contributed by atoms with E-state index in [1.165, 1.54) is 16.6 Å². The van der Waals surface area contributed by atoms with Gasteiger partial charge in [-0.2, -0.15) is 0 Å². The van der Waals surface area contributed by atoms with Crippen molar-refractivity contribution in [1.82, 2.24) is 4.57 Å². The lowest BCUT2D eigenvalue weighted by molar-refractivity contribution is -0.128. The molecule has 0 bridgehead atoms. The summed E-state index contributed by atoms with van der Waals surface area (Å²) < 4.78 is 12.0. The Morgan fingerprint density at radius 1 is 1.12 bits per heavy atom. The number of rotatable bonds is 6. The van der Waals surface area contributed by atoms with Crippen LogP contribution >= 0.6 is 12.4 Å². The number of carbonyl (C=O) groups is 1. The van der Waals surface area contributed by atoms with Gasteiger partial charge in [0.15, 0.2) is 0 Å². The molecule has 0 fully saturated rings. The Morgan fingerprint density at radius 3 is 2.42 bits per heavy atom. The van der Waals surface area contributed by atoms with Crippen LogP contribution in [0.1, 0.15) is 6.92 Å². The Morgan fingerprint density at radius 2 is 1.85 bits per heavy atom. The molecule has 0 atom stereocenters. The van der Waals surface area contributed by atoms with Crippen LogP contribution in [0.15, 0.2) is 54.7 Å². The van der Waals surface area contributed by atoms with E-state index >= 15 is 0 Å². The minimum Gasteiger partial charge on any atom is -0.492 e. The van der Waals surface area contributed by atoms with E-state index in [1.807, 2.05) is 12.1 Å². The number of nitrogens with zero attached hydrogens (tertiary/aromatic N) is 1. The van der Waals surface area contributed by atoms with E-state index in [1.54, 1.807) is 6.92 Å². The quantitative estimate of drug-likeness (QED) is 0.665. The number of nitrogens with two attached hydrogens (primary N) is 1. The normalized spacial score (nSPS) is 9.65. The summed E-state index contributed by atoms with van der Waals surface area (Å²) in [6.45, 7) is 3.72. The number of aryl methyl sites for hydroxylation is 1. The van der Waals surface area contributed by atoms with Gasteiger partial charge in [0, 0.05) is 30.7 Å². The molecule has 0 spiro atoms. The van der Waals surface area contributed by atoms with E-state index in [2.05, 4.69) is 58.9 Å². The maximum atomic E-state index is 9.18. The van der Waals surface area contributed by atoms with Crippen LogP contribution in [0.2, 0.25) is 0 Å². The van der Waals surface area contributed by atoms with Crippen molar-refractivity contribution in [1.29, 1.82) is 0 Å². The molecule has 1 heterocycles. The molecule has 1 aromatic heterocycles.